The number of piperidine rings is 1. The van der Waals surface area contributed by atoms with E-state index in [1.165, 1.54) is 11.3 Å². The fraction of sp³-hybridized carbons (Fsp3) is 0.444. The number of nitrogens with zero attached hydrogens (tertiary/aromatic N) is 6. The first-order valence-electron chi connectivity index (χ1n) is 12.7. The summed E-state index contributed by atoms with van der Waals surface area (Å²) in [5.41, 5.74) is 12.4. The SMILES string of the molecule is Bc1ccc2c(N3C[C@@H](C)N4Cc5nc(N6CCC(C)(N)CC6)ccc5[C@H]4C3)ccc(C#N)c2n1. The van der Waals surface area contributed by atoms with Crippen LogP contribution in [0.3, 0.4) is 0 Å². The number of nitriles is 1. The molecule has 3 aromatic rings. The molecule has 0 spiro atoms. The second-order valence-electron chi connectivity index (χ2n) is 10.9. The van der Waals surface area contributed by atoms with Crippen molar-refractivity contribution in [3.05, 3.63) is 53.2 Å². The Morgan fingerprint density at radius 1 is 1.06 bits per heavy atom. The quantitative estimate of drug-likeness (QED) is 0.579. The molecule has 2 aromatic heterocycles. The Bertz CT molecular complexity index is 1340. The van der Waals surface area contributed by atoms with Gasteiger partial charge in [-0.3, -0.25) is 9.88 Å². The van der Waals surface area contributed by atoms with Crippen molar-refractivity contribution in [1.82, 2.24) is 14.9 Å². The summed E-state index contributed by atoms with van der Waals surface area (Å²) in [6, 6.07) is 15.7. The molecule has 2 atom stereocenters. The van der Waals surface area contributed by atoms with Gasteiger partial charge in [-0.25, -0.2) is 4.98 Å². The number of hydrogen-bond donors (Lipinski definition) is 1. The van der Waals surface area contributed by atoms with Gasteiger partial charge in [0.05, 0.1) is 22.8 Å². The molecule has 0 amide bonds. The fourth-order valence-corrected chi connectivity index (χ4v) is 6.05. The van der Waals surface area contributed by atoms with Crippen LogP contribution in [0.1, 0.15) is 49.6 Å². The summed E-state index contributed by atoms with van der Waals surface area (Å²) in [6.07, 6.45) is 2.00. The molecular formula is C27H32BN7. The summed E-state index contributed by atoms with van der Waals surface area (Å²) in [5.74, 6) is 1.09. The minimum Gasteiger partial charge on any atom is -0.368 e. The molecule has 178 valence electrons. The summed E-state index contributed by atoms with van der Waals surface area (Å²) in [4.78, 5) is 17.3. The Morgan fingerprint density at radius 3 is 2.63 bits per heavy atom. The molecule has 3 aliphatic rings. The lowest BCUT2D eigenvalue weighted by Gasteiger charge is -2.43. The Kier molecular flexibility index (Phi) is 5.24. The van der Waals surface area contributed by atoms with E-state index in [9.17, 15) is 5.26 Å². The number of piperazine rings is 1. The lowest BCUT2D eigenvalue weighted by Crippen LogP contribution is -2.51. The highest BCUT2D eigenvalue weighted by atomic mass is 15.3. The predicted molar refractivity (Wildman–Crippen MR) is 143 cm³/mol. The lowest BCUT2D eigenvalue weighted by molar-refractivity contribution is 0.133. The number of hydrogen-bond acceptors (Lipinski definition) is 7. The van der Waals surface area contributed by atoms with Gasteiger partial charge in [0.1, 0.15) is 11.9 Å². The van der Waals surface area contributed by atoms with Crippen molar-refractivity contribution in [3.8, 4) is 6.07 Å². The molecule has 8 heteroatoms. The molecule has 0 aliphatic carbocycles. The molecule has 2 N–H and O–H groups in total. The van der Waals surface area contributed by atoms with Crippen LogP contribution >= 0.6 is 0 Å². The van der Waals surface area contributed by atoms with Crippen LogP contribution in [0.25, 0.3) is 10.9 Å². The molecule has 7 nitrogen and oxygen atoms in total. The normalized spacial score (nSPS) is 23.7. The number of pyridine rings is 2. The molecule has 0 bridgehead atoms. The van der Waals surface area contributed by atoms with Gasteiger partial charge in [-0.2, -0.15) is 5.26 Å². The molecular weight excluding hydrogens is 433 g/mol. The van der Waals surface area contributed by atoms with Gasteiger partial charge in [0, 0.05) is 55.4 Å². The molecule has 3 aliphatic heterocycles. The molecule has 0 radical (unpaired) electrons. The van der Waals surface area contributed by atoms with E-state index in [2.05, 4.69) is 58.9 Å². The number of benzene rings is 1. The molecule has 2 fully saturated rings. The minimum atomic E-state index is -0.0589. The van der Waals surface area contributed by atoms with E-state index in [4.69, 9.17) is 15.7 Å². The van der Waals surface area contributed by atoms with Gasteiger partial charge in [0.15, 0.2) is 7.85 Å². The smallest absolute Gasteiger partial charge is 0.163 e. The Morgan fingerprint density at radius 2 is 1.86 bits per heavy atom. The molecule has 35 heavy (non-hydrogen) atoms. The Balaban J connectivity index is 1.30. The van der Waals surface area contributed by atoms with Crippen molar-refractivity contribution >= 4 is 35.8 Å². The third kappa shape index (κ3) is 3.83. The van der Waals surface area contributed by atoms with Gasteiger partial charge >= 0.3 is 0 Å². The third-order valence-electron chi connectivity index (χ3n) is 8.19. The molecule has 5 heterocycles. The van der Waals surface area contributed by atoms with E-state index in [-0.39, 0.29) is 5.54 Å². The first kappa shape index (κ1) is 22.3. The molecule has 1 aromatic carbocycles. The number of rotatable bonds is 2. The summed E-state index contributed by atoms with van der Waals surface area (Å²) in [5, 5.41) is 10.7. The van der Waals surface area contributed by atoms with E-state index < -0.39 is 0 Å². The molecule has 2 saturated heterocycles. The zero-order valence-electron chi connectivity index (χ0n) is 20.8. The standard InChI is InChI=1S/C27H32BN7/c1-17-14-34(22-6-3-18(13-29)26-20(22)4-7-24(28)32-26)16-23-19-5-8-25(31-21(19)15-35(17)23)33-11-9-27(2,30)10-12-33/h3-8,17,23H,9-12,14-16,28,30H2,1-2H3/t17-,23-/m1/s1. The van der Waals surface area contributed by atoms with Gasteiger partial charge in [-0.15, -0.1) is 0 Å². The van der Waals surface area contributed by atoms with E-state index in [1.807, 2.05) is 20.0 Å². The van der Waals surface area contributed by atoms with E-state index in [0.717, 1.165) is 73.6 Å². The van der Waals surface area contributed by atoms with Crippen LogP contribution in [0.15, 0.2) is 36.4 Å². The maximum absolute atomic E-state index is 9.62. The molecule has 6 rings (SSSR count). The van der Waals surface area contributed by atoms with E-state index >= 15 is 0 Å². The molecule has 0 saturated carbocycles. The average Bonchev–Trinajstić information content (AvgIpc) is 3.21. The van der Waals surface area contributed by atoms with Crippen molar-refractivity contribution in [3.63, 3.8) is 0 Å². The number of aromatic nitrogens is 2. The van der Waals surface area contributed by atoms with Crippen LogP contribution in [0, 0.1) is 11.3 Å². The zero-order valence-corrected chi connectivity index (χ0v) is 20.8. The van der Waals surface area contributed by atoms with Gasteiger partial charge in [0.2, 0.25) is 0 Å². The van der Waals surface area contributed by atoms with Crippen LogP contribution < -0.4 is 21.1 Å². The number of nitrogens with two attached hydrogens (primary N) is 1. The van der Waals surface area contributed by atoms with E-state index in [0.29, 0.717) is 17.6 Å². The van der Waals surface area contributed by atoms with E-state index in [1.54, 1.807) is 0 Å². The lowest BCUT2D eigenvalue weighted by atomic mass is 9.91. The first-order valence-corrected chi connectivity index (χ1v) is 12.7. The maximum Gasteiger partial charge on any atom is 0.163 e. The average molecular weight is 465 g/mol. The second-order valence-corrected chi connectivity index (χ2v) is 10.9. The van der Waals surface area contributed by atoms with Crippen LogP contribution in [-0.2, 0) is 6.54 Å². The number of fused-ring (bicyclic) bond motifs is 4. The Labute approximate surface area is 207 Å². The summed E-state index contributed by atoms with van der Waals surface area (Å²) >= 11 is 0. The number of anilines is 2. The van der Waals surface area contributed by atoms with Gasteiger partial charge in [-0.1, -0.05) is 12.1 Å². The minimum absolute atomic E-state index is 0.0589. The summed E-state index contributed by atoms with van der Waals surface area (Å²) < 4.78 is 0. The fourth-order valence-electron chi connectivity index (χ4n) is 6.05. The van der Waals surface area contributed by atoms with Crippen LogP contribution in [-0.4, -0.2) is 60.5 Å². The topological polar surface area (TPSA) is 85.3 Å². The van der Waals surface area contributed by atoms with Gasteiger partial charge in [0.25, 0.3) is 0 Å². The van der Waals surface area contributed by atoms with Crippen LogP contribution in [0.4, 0.5) is 11.5 Å². The monoisotopic (exact) mass is 465 g/mol. The summed E-state index contributed by atoms with van der Waals surface area (Å²) in [7, 11) is 1.98. The predicted octanol–water partition coefficient (Wildman–Crippen LogP) is 1.84. The highest BCUT2D eigenvalue weighted by Gasteiger charge is 2.40. The van der Waals surface area contributed by atoms with Crippen molar-refractivity contribution in [2.75, 3.05) is 36.0 Å². The van der Waals surface area contributed by atoms with Crippen LogP contribution in [0.5, 0.6) is 0 Å². The van der Waals surface area contributed by atoms with Crippen molar-refractivity contribution in [2.24, 2.45) is 5.73 Å². The van der Waals surface area contributed by atoms with Gasteiger partial charge < -0.3 is 15.5 Å². The highest BCUT2D eigenvalue weighted by molar-refractivity contribution is 6.31. The van der Waals surface area contributed by atoms with Crippen LogP contribution in [0.2, 0.25) is 0 Å². The zero-order chi connectivity index (χ0) is 24.3. The Hall–Kier alpha value is -3.15. The summed E-state index contributed by atoms with van der Waals surface area (Å²) in [6.45, 7) is 9.15. The van der Waals surface area contributed by atoms with Crippen molar-refractivity contribution in [2.45, 2.75) is 50.9 Å². The highest BCUT2D eigenvalue weighted by Crippen LogP contribution is 2.41. The first-order chi connectivity index (χ1) is 16.8. The third-order valence-corrected chi connectivity index (χ3v) is 8.19. The van der Waals surface area contributed by atoms with Gasteiger partial charge in [-0.05, 0) is 62.1 Å². The second kappa shape index (κ2) is 8.22. The maximum atomic E-state index is 9.62. The molecule has 0 unspecified atom stereocenters. The van der Waals surface area contributed by atoms with Crippen molar-refractivity contribution < 1.29 is 0 Å². The van der Waals surface area contributed by atoms with Crippen molar-refractivity contribution in [1.29, 1.82) is 5.26 Å². The largest absolute Gasteiger partial charge is 0.368 e.